The Labute approximate surface area is 129 Å². The minimum Gasteiger partial charge on any atom is -0.457 e. The van der Waals surface area contributed by atoms with Crippen LogP contribution in [0.1, 0.15) is 13.8 Å². The number of benzene rings is 2. The summed E-state index contributed by atoms with van der Waals surface area (Å²) in [6.07, 6.45) is 0. The van der Waals surface area contributed by atoms with Crippen molar-refractivity contribution in [3.63, 3.8) is 0 Å². The van der Waals surface area contributed by atoms with Crippen molar-refractivity contribution in [1.82, 2.24) is 0 Å². The van der Waals surface area contributed by atoms with E-state index in [1.807, 2.05) is 48.5 Å². The third-order valence-electron chi connectivity index (χ3n) is 3.02. The number of para-hydroxylation sites is 1. The van der Waals surface area contributed by atoms with Crippen LogP contribution in [0.4, 0.5) is 5.69 Å². The van der Waals surface area contributed by atoms with Crippen molar-refractivity contribution in [2.45, 2.75) is 13.8 Å². The lowest BCUT2D eigenvalue weighted by Gasteiger charge is -2.20. The largest absolute Gasteiger partial charge is 0.457 e. The molecule has 0 aromatic heterocycles. The standard InChI is InChI=1S/C17H18ClNO2/c1-17(2,12-18)16(20)19-13-7-6-10-15(11-13)21-14-8-4-3-5-9-14/h3-11H,12H2,1-2H3,(H,19,20). The third kappa shape index (κ3) is 4.23. The molecule has 0 saturated carbocycles. The van der Waals surface area contributed by atoms with Crippen LogP contribution in [0.3, 0.4) is 0 Å². The van der Waals surface area contributed by atoms with Gasteiger partial charge in [-0.1, -0.05) is 24.3 Å². The van der Waals surface area contributed by atoms with E-state index in [9.17, 15) is 4.79 Å². The minimum atomic E-state index is -0.613. The van der Waals surface area contributed by atoms with Gasteiger partial charge in [0, 0.05) is 17.6 Å². The van der Waals surface area contributed by atoms with Crippen LogP contribution >= 0.6 is 11.6 Å². The molecule has 3 nitrogen and oxygen atoms in total. The maximum absolute atomic E-state index is 12.1. The summed E-state index contributed by atoms with van der Waals surface area (Å²) in [5.41, 5.74) is 0.0734. The van der Waals surface area contributed by atoms with Gasteiger partial charge in [-0.05, 0) is 38.1 Å². The Morgan fingerprint density at radius 2 is 1.76 bits per heavy atom. The monoisotopic (exact) mass is 303 g/mol. The van der Waals surface area contributed by atoms with E-state index in [1.165, 1.54) is 0 Å². The number of rotatable bonds is 5. The molecule has 21 heavy (non-hydrogen) atoms. The van der Waals surface area contributed by atoms with E-state index in [-0.39, 0.29) is 11.8 Å². The summed E-state index contributed by atoms with van der Waals surface area (Å²) in [5.74, 6) is 1.57. The van der Waals surface area contributed by atoms with E-state index >= 15 is 0 Å². The number of anilines is 1. The highest BCUT2D eigenvalue weighted by Gasteiger charge is 2.26. The van der Waals surface area contributed by atoms with Gasteiger partial charge in [-0.2, -0.15) is 0 Å². The Kier molecular flexibility index (Phi) is 4.86. The fraction of sp³-hybridized carbons (Fsp3) is 0.235. The van der Waals surface area contributed by atoms with Gasteiger partial charge in [-0.25, -0.2) is 0 Å². The first kappa shape index (κ1) is 15.4. The highest BCUT2D eigenvalue weighted by atomic mass is 35.5. The smallest absolute Gasteiger partial charge is 0.231 e. The molecule has 2 aromatic rings. The number of nitrogens with one attached hydrogen (secondary N) is 1. The zero-order valence-electron chi connectivity index (χ0n) is 12.1. The van der Waals surface area contributed by atoms with Gasteiger partial charge in [0.2, 0.25) is 5.91 Å². The number of ether oxygens (including phenoxy) is 1. The molecule has 0 spiro atoms. The van der Waals surface area contributed by atoms with E-state index < -0.39 is 5.41 Å². The average Bonchev–Trinajstić information content (AvgIpc) is 2.48. The van der Waals surface area contributed by atoms with Gasteiger partial charge in [0.05, 0.1) is 5.41 Å². The minimum absolute atomic E-state index is 0.116. The van der Waals surface area contributed by atoms with E-state index in [4.69, 9.17) is 16.3 Å². The van der Waals surface area contributed by atoms with Gasteiger partial charge < -0.3 is 10.1 Å². The summed E-state index contributed by atoms with van der Waals surface area (Å²) < 4.78 is 5.74. The first-order valence-electron chi connectivity index (χ1n) is 6.72. The Balaban J connectivity index is 2.10. The molecule has 0 aliphatic carbocycles. The van der Waals surface area contributed by atoms with E-state index in [1.54, 1.807) is 19.9 Å². The van der Waals surface area contributed by atoms with Crippen LogP contribution in [0.25, 0.3) is 0 Å². The summed E-state index contributed by atoms with van der Waals surface area (Å²) in [7, 11) is 0. The highest BCUT2D eigenvalue weighted by molar-refractivity contribution is 6.20. The average molecular weight is 304 g/mol. The van der Waals surface area contributed by atoms with Crippen molar-refractivity contribution in [1.29, 1.82) is 0 Å². The molecule has 0 fully saturated rings. The lowest BCUT2D eigenvalue weighted by molar-refractivity contribution is -0.122. The molecule has 0 heterocycles. The first-order valence-corrected chi connectivity index (χ1v) is 7.25. The molecule has 0 bridgehead atoms. The second kappa shape index (κ2) is 6.64. The second-order valence-electron chi connectivity index (χ2n) is 5.41. The fourth-order valence-corrected chi connectivity index (χ4v) is 1.74. The van der Waals surface area contributed by atoms with Crippen molar-refractivity contribution in [2.75, 3.05) is 11.2 Å². The molecule has 1 amide bonds. The summed E-state index contributed by atoms with van der Waals surface area (Å²) in [6, 6.07) is 16.8. The lowest BCUT2D eigenvalue weighted by Crippen LogP contribution is -2.32. The molecule has 0 unspecified atom stereocenters. The SMILES string of the molecule is CC(C)(CCl)C(=O)Nc1cccc(Oc2ccccc2)c1. The Hall–Kier alpha value is -2.00. The molecule has 0 atom stereocenters. The van der Waals surface area contributed by atoms with E-state index in [0.717, 1.165) is 5.75 Å². The van der Waals surface area contributed by atoms with Crippen molar-refractivity contribution in [3.05, 3.63) is 54.6 Å². The fourth-order valence-electron chi connectivity index (χ4n) is 1.62. The van der Waals surface area contributed by atoms with Crippen LogP contribution in [0.2, 0.25) is 0 Å². The Morgan fingerprint density at radius 3 is 2.43 bits per heavy atom. The maximum Gasteiger partial charge on any atom is 0.231 e. The number of halogens is 1. The molecular formula is C17H18ClNO2. The summed E-state index contributed by atoms with van der Waals surface area (Å²) in [5, 5.41) is 2.86. The van der Waals surface area contributed by atoms with Crippen molar-refractivity contribution in [2.24, 2.45) is 5.41 Å². The molecule has 2 aromatic carbocycles. The quantitative estimate of drug-likeness (QED) is 0.814. The Bertz CT molecular complexity index is 611. The number of alkyl halides is 1. The van der Waals surface area contributed by atoms with Crippen molar-refractivity contribution < 1.29 is 9.53 Å². The predicted octanol–water partition coefficient (Wildman–Crippen LogP) is 4.68. The first-order chi connectivity index (χ1) is 10.0. The number of hydrogen-bond donors (Lipinski definition) is 1. The summed E-state index contributed by atoms with van der Waals surface area (Å²) in [6.45, 7) is 3.61. The van der Waals surface area contributed by atoms with Crippen molar-refractivity contribution >= 4 is 23.2 Å². The number of carbonyl (C=O) groups excluding carboxylic acids is 1. The van der Waals surface area contributed by atoms with E-state index in [2.05, 4.69) is 5.32 Å². The summed E-state index contributed by atoms with van der Waals surface area (Å²) >= 11 is 5.81. The van der Waals surface area contributed by atoms with Crippen LogP contribution in [-0.4, -0.2) is 11.8 Å². The second-order valence-corrected chi connectivity index (χ2v) is 5.68. The molecule has 4 heteroatoms. The van der Waals surface area contributed by atoms with Gasteiger partial charge in [0.15, 0.2) is 0 Å². The third-order valence-corrected chi connectivity index (χ3v) is 3.69. The number of carbonyl (C=O) groups is 1. The number of amides is 1. The van der Waals surface area contributed by atoms with Crippen molar-refractivity contribution in [3.8, 4) is 11.5 Å². The van der Waals surface area contributed by atoms with E-state index in [0.29, 0.717) is 11.4 Å². The zero-order chi connectivity index (χ0) is 15.3. The molecule has 0 saturated heterocycles. The molecule has 0 aliphatic heterocycles. The zero-order valence-corrected chi connectivity index (χ0v) is 12.9. The maximum atomic E-state index is 12.1. The molecule has 110 valence electrons. The Morgan fingerprint density at radius 1 is 1.10 bits per heavy atom. The van der Waals surface area contributed by atoms with Gasteiger partial charge in [0.1, 0.15) is 11.5 Å². The van der Waals surface area contributed by atoms with Crippen LogP contribution in [-0.2, 0) is 4.79 Å². The van der Waals surface area contributed by atoms with Crippen LogP contribution in [0.15, 0.2) is 54.6 Å². The van der Waals surface area contributed by atoms with Gasteiger partial charge in [-0.15, -0.1) is 11.6 Å². The van der Waals surface area contributed by atoms with Gasteiger partial charge in [0.25, 0.3) is 0 Å². The summed E-state index contributed by atoms with van der Waals surface area (Å²) in [4.78, 5) is 12.1. The topological polar surface area (TPSA) is 38.3 Å². The number of hydrogen-bond acceptors (Lipinski definition) is 2. The lowest BCUT2D eigenvalue weighted by atomic mass is 9.95. The highest BCUT2D eigenvalue weighted by Crippen LogP contribution is 2.25. The van der Waals surface area contributed by atoms with Crippen LogP contribution in [0, 0.1) is 5.41 Å². The molecule has 0 aliphatic rings. The molecule has 0 radical (unpaired) electrons. The molecule has 1 N–H and O–H groups in total. The van der Waals surface area contributed by atoms with Gasteiger partial charge in [-0.3, -0.25) is 4.79 Å². The normalized spacial score (nSPS) is 11.0. The molecule has 2 rings (SSSR count). The van der Waals surface area contributed by atoms with Crippen LogP contribution < -0.4 is 10.1 Å². The molecular weight excluding hydrogens is 286 g/mol. The predicted molar refractivity (Wildman–Crippen MR) is 86.1 cm³/mol. The van der Waals surface area contributed by atoms with Crippen LogP contribution in [0.5, 0.6) is 11.5 Å². The van der Waals surface area contributed by atoms with Gasteiger partial charge >= 0.3 is 0 Å².